The van der Waals surface area contributed by atoms with Crippen molar-refractivity contribution in [3.63, 3.8) is 0 Å². The van der Waals surface area contributed by atoms with Crippen LogP contribution in [0.5, 0.6) is 17.2 Å². The lowest BCUT2D eigenvalue weighted by Gasteiger charge is -2.26. The molecule has 0 bridgehead atoms. The summed E-state index contributed by atoms with van der Waals surface area (Å²) in [5, 5.41) is 11.6. The maximum atomic E-state index is 13.3. The van der Waals surface area contributed by atoms with Gasteiger partial charge in [-0.15, -0.1) is 0 Å². The van der Waals surface area contributed by atoms with Gasteiger partial charge in [-0.2, -0.15) is 0 Å². The van der Waals surface area contributed by atoms with Gasteiger partial charge in [-0.05, 0) is 57.0 Å². The first-order chi connectivity index (χ1) is 17.6. The van der Waals surface area contributed by atoms with Crippen LogP contribution in [-0.4, -0.2) is 61.8 Å². The second-order valence-electron chi connectivity index (χ2n) is 8.58. The van der Waals surface area contributed by atoms with E-state index in [-0.39, 0.29) is 39.6 Å². The minimum absolute atomic E-state index is 0.0334. The predicted molar refractivity (Wildman–Crippen MR) is 142 cm³/mol. The van der Waals surface area contributed by atoms with Gasteiger partial charge in [0.05, 0.1) is 48.6 Å². The fourth-order valence-corrected chi connectivity index (χ4v) is 4.83. The van der Waals surface area contributed by atoms with Gasteiger partial charge < -0.3 is 29.0 Å². The molecule has 2 aromatic rings. The maximum Gasteiger partial charge on any atom is 0.295 e. The number of nitrogens with zero attached hydrogens (tertiary/aromatic N) is 1. The number of Topliss-reactive ketones (excluding diaryl/α,β-unsaturated/α-hetero) is 1. The number of aliphatic hydroxyl groups excluding tert-OH is 1. The highest BCUT2D eigenvalue weighted by atomic mass is 35.5. The Morgan fingerprint density at radius 1 is 1.05 bits per heavy atom. The van der Waals surface area contributed by atoms with E-state index in [0.717, 1.165) is 0 Å². The SMILES string of the molecule is CCOc1cc(C2/C(=C(\O)c3cc(Cl)c(OC)c(Cl)c3)C(=O)C(=O)N2CCCOC(C)C)ccc1OC. The second-order valence-corrected chi connectivity index (χ2v) is 9.40. The smallest absolute Gasteiger partial charge is 0.295 e. The van der Waals surface area contributed by atoms with Crippen molar-refractivity contribution in [2.24, 2.45) is 0 Å². The van der Waals surface area contributed by atoms with Crippen LogP contribution in [-0.2, 0) is 14.3 Å². The molecule has 1 amide bonds. The van der Waals surface area contributed by atoms with Gasteiger partial charge in [-0.25, -0.2) is 0 Å². The molecular formula is C27H31Cl2NO7. The number of hydrogen-bond acceptors (Lipinski definition) is 7. The highest BCUT2D eigenvalue weighted by molar-refractivity contribution is 6.46. The molecule has 0 spiro atoms. The molecule has 0 aromatic heterocycles. The van der Waals surface area contributed by atoms with E-state index in [1.807, 2.05) is 20.8 Å². The van der Waals surface area contributed by atoms with Crippen molar-refractivity contribution >= 4 is 40.7 Å². The minimum atomic E-state index is -0.885. The Morgan fingerprint density at radius 2 is 1.73 bits per heavy atom. The highest BCUT2D eigenvalue weighted by Gasteiger charge is 2.46. The number of aliphatic hydroxyl groups is 1. The van der Waals surface area contributed by atoms with E-state index < -0.39 is 23.5 Å². The van der Waals surface area contributed by atoms with E-state index >= 15 is 0 Å². The Morgan fingerprint density at radius 3 is 2.30 bits per heavy atom. The first-order valence-electron chi connectivity index (χ1n) is 11.9. The molecule has 1 saturated heterocycles. The third-order valence-electron chi connectivity index (χ3n) is 5.81. The van der Waals surface area contributed by atoms with Crippen LogP contribution < -0.4 is 14.2 Å². The second kappa shape index (κ2) is 12.5. The fourth-order valence-electron chi connectivity index (χ4n) is 4.19. The van der Waals surface area contributed by atoms with Crippen molar-refractivity contribution in [1.29, 1.82) is 0 Å². The molecule has 1 aliphatic heterocycles. The summed E-state index contributed by atoms with van der Waals surface area (Å²) in [6, 6.07) is 7.12. The molecule has 37 heavy (non-hydrogen) atoms. The van der Waals surface area contributed by atoms with Crippen LogP contribution in [0.3, 0.4) is 0 Å². The zero-order valence-electron chi connectivity index (χ0n) is 21.5. The Balaban J connectivity index is 2.15. The third kappa shape index (κ3) is 6.14. The summed E-state index contributed by atoms with van der Waals surface area (Å²) < 4.78 is 21.9. The molecule has 1 fully saturated rings. The van der Waals surface area contributed by atoms with Crippen LogP contribution in [0.25, 0.3) is 5.76 Å². The number of ketones is 1. The summed E-state index contributed by atoms with van der Waals surface area (Å²) in [5.41, 5.74) is 0.667. The van der Waals surface area contributed by atoms with Crippen LogP contribution >= 0.6 is 23.2 Å². The van der Waals surface area contributed by atoms with E-state index in [1.165, 1.54) is 31.3 Å². The summed E-state index contributed by atoms with van der Waals surface area (Å²) in [7, 11) is 2.94. The van der Waals surface area contributed by atoms with Crippen LogP contribution in [0.15, 0.2) is 35.9 Å². The number of benzene rings is 2. The summed E-state index contributed by atoms with van der Waals surface area (Å²) in [5.74, 6) is -0.754. The minimum Gasteiger partial charge on any atom is -0.507 e. The molecule has 200 valence electrons. The average Bonchev–Trinajstić information content (AvgIpc) is 3.11. The third-order valence-corrected chi connectivity index (χ3v) is 6.38. The number of ether oxygens (including phenoxy) is 4. The molecule has 2 aromatic carbocycles. The molecule has 1 aliphatic rings. The number of halogens is 2. The quantitative estimate of drug-likeness (QED) is 0.167. The van der Waals surface area contributed by atoms with Gasteiger partial charge in [-0.1, -0.05) is 29.3 Å². The molecule has 10 heteroatoms. The molecule has 0 saturated carbocycles. The van der Waals surface area contributed by atoms with Crippen molar-refractivity contribution in [3.8, 4) is 17.2 Å². The molecule has 0 radical (unpaired) electrons. The Kier molecular flexibility index (Phi) is 9.70. The number of likely N-dealkylation sites (tertiary alicyclic amines) is 1. The van der Waals surface area contributed by atoms with E-state index in [2.05, 4.69) is 0 Å². The van der Waals surface area contributed by atoms with Gasteiger partial charge in [0.1, 0.15) is 5.76 Å². The Bertz CT molecular complexity index is 1170. The Hall–Kier alpha value is -2.94. The maximum absolute atomic E-state index is 13.3. The summed E-state index contributed by atoms with van der Waals surface area (Å²) in [6.45, 7) is 6.70. The van der Waals surface area contributed by atoms with Crippen LogP contribution in [0.2, 0.25) is 10.0 Å². The Labute approximate surface area is 226 Å². The molecule has 1 heterocycles. The zero-order chi connectivity index (χ0) is 27.3. The number of carbonyl (C=O) groups excluding carboxylic acids is 2. The number of rotatable bonds is 11. The van der Waals surface area contributed by atoms with Gasteiger partial charge >= 0.3 is 0 Å². The van der Waals surface area contributed by atoms with E-state index in [9.17, 15) is 14.7 Å². The summed E-state index contributed by atoms with van der Waals surface area (Å²) in [6.07, 6.45) is 0.530. The molecule has 3 rings (SSSR count). The van der Waals surface area contributed by atoms with Crippen molar-refractivity contribution in [2.45, 2.75) is 39.3 Å². The fraction of sp³-hybridized carbons (Fsp3) is 0.407. The highest BCUT2D eigenvalue weighted by Crippen LogP contribution is 2.43. The standard InChI is InChI=1S/C27H31Cl2NO7/c1-6-36-21-14-16(8-9-20(21)34-4)23-22(24(31)17-12-18(28)26(35-5)19(29)13-17)25(32)27(33)30(23)10-7-11-37-15(2)3/h8-9,12-15,23,31H,6-7,10-11H2,1-5H3/b24-22+. The topological polar surface area (TPSA) is 94.5 Å². The molecule has 1 N–H and O–H groups in total. The van der Waals surface area contributed by atoms with Crippen LogP contribution in [0, 0.1) is 0 Å². The van der Waals surface area contributed by atoms with Gasteiger partial charge in [0.2, 0.25) is 0 Å². The average molecular weight is 552 g/mol. The van der Waals surface area contributed by atoms with Gasteiger partial charge in [0.15, 0.2) is 17.2 Å². The normalized spacial score (nSPS) is 17.0. The predicted octanol–water partition coefficient (Wildman–Crippen LogP) is 5.65. The van der Waals surface area contributed by atoms with Crippen molar-refractivity contribution in [2.75, 3.05) is 34.0 Å². The van der Waals surface area contributed by atoms with Crippen molar-refractivity contribution in [3.05, 3.63) is 57.1 Å². The summed E-state index contributed by atoms with van der Waals surface area (Å²) >= 11 is 12.6. The molecule has 1 atom stereocenters. The first-order valence-corrected chi connectivity index (χ1v) is 12.6. The monoisotopic (exact) mass is 551 g/mol. The van der Waals surface area contributed by atoms with E-state index in [1.54, 1.807) is 18.2 Å². The van der Waals surface area contributed by atoms with Crippen LogP contribution in [0.1, 0.15) is 44.4 Å². The number of methoxy groups -OCH3 is 2. The lowest BCUT2D eigenvalue weighted by molar-refractivity contribution is -0.140. The molecule has 8 nitrogen and oxygen atoms in total. The lowest BCUT2D eigenvalue weighted by atomic mass is 9.95. The largest absolute Gasteiger partial charge is 0.507 e. The zero-order valence-corrected chi connectivity index (χ0v) is 23.0. The number of hydrogen-bond donors (Lipinski definition) is 1. The van der Waals surface area contributed by atoms with Crippen molar-refractivity contribution < 1.29 is 33.6 Å². The van der Waals surface area contributed by atoms with E-state index in [0.29, 0.717) is 36.7 Å². The van der Waals surface area contributed by atoms with Gasteiger partial charge in [0.25, 0.3) is 11.7 Å². The first kappa shape index (κ1) is 28.6. The lowest BCUT2D eigenvalue weighted by Crippen LogP contribution is -2.31. The molecular weight excluding hydrogens is 521 g/mol. The molecule has 1 unspecified atom stereocenters. The number of carbonyl (C=O) groups is 2. The number of amides is 1. The van der Waals surface area contributed by atoms with E-state index in [4.69, 9.17) is 42.1 Å². The van der Waals surface area contributed by atoms with Gasteiger partial charge in [-0.3, -0.25) is 9.59 Å². The van der Waals surface area contributed by atoms with Gasteiger partial charge in [0, 0.05) is 18.7 Å². The van der Waals surface area contributed by atoms with Crippen molar-refractivity contribution in [1.82, 2.24) is 4.90 Å². The van der Waals surface area contributed by atoms with Crippen LogP contribution in [0.4, 0.5) is 0 Å². The molecule has 0 aliphatic carbocycles. The summed E-state index contributed by atoms with van der Waals surface area (Å²) in [4.78, 5) is 27.9.